The maximum absolute atomic E-state index is 3.66. The van der Waals surface area contributed by atoms with Crippen LogP contribution in [0.15, 0.2) is 36.5 Å². The number of benzene rings is 1. The fourth-order valence-corrected chi connectivity index (χ4v) is 3.20. The van der Waals surface area contributed by atoms with Crippen LogP contribution >= 0.6 is 0 Å². The van der Waals surface area contributed by atoms with E-state index in [1.54, 1.807) is 0 Å². The summed E-state index contributed by atoms with van der Waals surface area (Å²) in [4.78, 5) is 0. The molecular weight excluding hydrogens is 208 g/mol. The lowest BCUT2D eigenvalue weighted by atomic mass is 9.88. The molecular formula is C15H16N2. The molecule has 3 heterocycles. The number of aromatic nitrogens is 1. The van der Waals surface area contributed by atoms with Crippen LogP contribution < -0.4 is 5.32 Å². The molecule has 86 valence electrons. The molecule has 0 radical (unpaired) electrons. The Kier molecular flexibility index (Phi) is 1.80. The van der Waals surface area contributed by atoms with Gasteiger partial charge in [0.15, 0.2) is 0 Å². The highest BCUT2D eigenvalue weighted by Gasteiger charge is 2.27. The molecule has 1 N–H and O–H groups in total. The number of nitrogens with zero attached hydrogens (tertiary/aromatic N) is 1. The van der Waals surface area contributed by atoms with Crippen molar-refractivity contribution in [1.82, 2.24) is 9.88 Å². The van der Waals surface area contributed by atoms with Crippen LogP contribution in [0, 0.1) is 5.92 Å². The first kappa shape index (κ1) is 9.49. The molecule has 2 aromatic rings. The summed E-state index contributed by atoms with van der Waals surface area (Å²) in [6.07, 6.45) is 4.66. The predicted molar refractivity (Wildman–Crippen MR) is 70.9 cm³/mol. The van der Waals surface area contributed by atoms with Gasteiger partial charge in [0, 0.05) is 30.2 Å². The molecule has 0 aliphatic carbocycles. The third-order valence-corrected chi connectivity index (χ3v) is 4.00. The van der Waals surface area contributed by atoms with Crippen LogP contribution in [0.4, 0.5) is 0 Å². The average molecular weight is 224 g/mol. The summed E-state index contributed by atoms with van der Waals surface area (Å²) >= 11 is 0. The second-order valence-corrected chi connectivity index (χ2v) is 5.27. The average Bonchev–Trinajstić information content (AvgIpc) is 2.75. The van der Waals surface area contributed by atoms with Crippen LogP contribution in [0.1, 0.15) is 12.5 Å². The van der Waals surface area contributed by atoms with Gasteiger partial charge in [-0.3, -0.25) is 0 Å². The number of rotatable bonds is 0. The molecule has 0 saturated carbocycles. The molecule has 0 spiro atoms. The van der Waals surface area contributed by atoms with Crippen LogP contribution in [-0.4, -0.2) is 17.2 Å². The Morgan fingerprint density at radius 2 is 2.24 bits per heavy atom. The smallest absolute Gasteiger partial charge is 0.0557 e. The van der Waals surface area contributed by atoms with Crippen LogP contribution in [-0.2, 0) is 6.54 Å². The molecule has 2 heteroatoms. The van der Waals surface area contributed by atoms with E-state index in [9.17, 15) is 0 Å². The summed E-state index contributed by atoms with van der Waals surface area (Å²) in [6.45, 7) is 4.45. The largest absolute Gasteiger partial charge is 0.345 e. The standard InChI is InChI=1S/C15H16N2/c1-10-7-13-12-4-2-3-11-5-6-17(15(11)12)9-14(13)16-8-10/h2-7,10,14,16H,8-9H2,1H3/t10-,14-/m0/s1. The van der Waals surface area contributed by atoms with E-state index >= 15 is 0 Å². The minimum Gasteiger partial charge on any atom is -0.345 e. The summed E-state index contributed by atoms with van der Waals surface area (Å²) in [5, 5.41) is 5.02. The van der Waals surface area contributed by atoms with Crippen LogP contribution in [0.2, 0.25) is 0 Å². The Bertz CT molecular complexity index is 621. The molecule has 2 nitrogen and oxygen atoms in total. The van der Waals surface area contributed by atoms with Gasteiger partial charge in [0.1, 0.15) is 0 Å². The Hall–Kier alpha value is -1.54. The van der Waals surface area contributed by atoms with Gasteiger partial charge in [0.25, 0.3) is 0 Å². The van der Waals surface area contributed by atoms with E-state index in [4.69, 9.17) is 0 Å². The number of fused-ring (bicyclic) bond motifs is 2. The van der Waals surface area contributed by atoms with Crippen molar-refractivity contribution in [3.63, 3.8) is 0 Å². The zero-order valence-electron chi connectivity index (χ0n) is 9.98. The molecule has 0 saturated heterocycles. The second kappa shape index (κ2) is 3.23. The molecule has 17 heavy (non-hydrogen) atoms. The lowest BCUT2D eigenvalue weighted by Gasteiger charge is -2.33. The van der Waals surface area contributed by atoms with Gasteiger partial charge < -0.3 is 9.88 Å². The van der Waals surface area contributed by atoms with Crippen molar-refractivity contribution in [3.05, 3.63) is 42.1 Å². The molecule has 0 unspecified atom stereocenters. The lowest BCUT2D eigenvalue weighted by Crippen LogP contribution is -2.42. The van der Waals surface area contributed by atoms with Gasteiger partial charge >= 0.3 is 0 Å². The molecule has 1 aromatic carbocycles. The van der Waals surface area contributed by atoms with Crippen LogP contribution in [0.5, 0.6) is 0 Å². The van der Waals surface area contributed by atoms with Crippen LogP contribution in [0.3, 0.4) is 0 Å². The Balaban J connectivity index is 2.04. The summed E-state index contributed by atoms with van der Waals surface area (Å²) < 4.78 is 2.38. The van der Waals surface area contributed by atoms with Crippen molar-refractivity contribution in [3.8, 4) is 0 Å². The Morgan fingerprint density at radius 3 is 3.18 bits per heavy atom. The molecule has 1 aromatic heterocycles. The van der Waals surface area contributed by atoms with Gasteiger partial charge in [-0.1, -0.05) is 31.2 Å². The zero-order chi connectivity index (χ0) is 11.4. The zero-order valence-corrected chi connectivity index (χ0v) is 9.98. The van der Waals surface area contributed by atoms with Crippen molar-refractivity contribution in [1.29, 1.82) is 0 Å². The fourth-order valence-electron chi connectivity index (χ4n) is 3.20. The van der Waals surface area contributed by atoms with Gasteiger partial charge in [-0.25, -0.2) is 0 Å². The van der Waals surface area contributed by atoms with E-state index in [1.807, 2.05) is 0 Å². The highest BCUT2D eigenvalue weighted by molar-refractivity contribution is 5.94. The monoisotopic (exact) mass is 224 g/mol. The van der Waals surface area contributed by atoms with Crippen molar-refractivity contribution in [2.75, 3.05) is 6.54 Å². The van der Waals surface area contributed by atoms with Gasteiger partial charge in [-0.2, -0.15) is 0 Å². The van der Waals surface area contributed by atoms with E-state index in [0.29, 0.717) is 12.0 Å². The van der Waals surface area contributed by atoms with Gasteiger partial charge in [0.2, 0.25) is 0 Å². The molecule has 0 bridgehead atoms. The molecule has 2 atom stereocenters. The highest BCUT2D eigenvalue weighted by Crippen LogP contribution is 2.35. The SMILES string of the molecule is C[C@H]1C=C2c3cccc4ccn(c34)C[C@@H]2NC1. The third-order valence-electron chi connectivity index (χ3n) is 4.00. The molecule has 2 aliphatic rings. The van der Waals surface area contributed by atoms with E-state index < -0.39 is 0 Å². The number of para-hydroxylation sites is 1. The Labute approximate surface area is 101 Å². The van der Waals surface area contributed by atoms with Gasteiger partial charge in [-0.05, 0) is 17.6 Å². The number of nitrogens with one attached hydrogen (secondary N) is 1. The minimum absolute atomic E-state index is 0.497. The summed E-state index contributed by atoms with van der Waals surface area (Å²) in [5.74, 6) is 0.637. The van der Waals surface area contributed by atoms with Crippen molar-refractivity contribution < 1.29 is 0 Å². The third kappa shape index (κ3) is 1.25. The second-order valence-electron chi connectivity index (χ2n) is 5.27. The quantitative estimate of drug-likeness (QED) is 0.728. The minimum atomic E-state index is 0.497. The van der Waals surface area contributed by atoms with Crippen molar-refractivity contribution in [2.24, 2.45) is 5.92 Å². The highest BCUT2D eigenvalue weighted by atomic mass is 15.1. The first-order valence-electron chi connectivity index (χ1n) is 6.36. The normalized spacial score (nSPS) is 26.8. The Morgan fingerprint density at radius 1 is 1.29 bits per heavy atom. The molecule has 0 amide bonds. The topological polar surface area (TPSA) is 17.0 Å². The molecule has 4 rings (SSSR count). The van der Waals surface area contributed by atoms with Gasteiger partial charge in [0.05, 0.1) is 11.6 Å². The van der Waals surface area contributed by atoms with E-state index in [-0.39, 0.29) is 0 Å². The van der Waals surface area contributed by atoms with E-state index in [2.05, 4.69) is 53.3 Å². The first-order valence-corrected chi connectivity index (χ1v) is 6.36. The summed E-state index contributed by atoms with van der Waals surface area (Å²) in [6, 6.07) is 9.36. The first-order chi connectivity index (χ1) is 8.33. The number of hydrogen-bond donors (Lipinski definition) is 1. The molecule has 2 aliphatic heterocycles. The fraction of sp³-hybridized carbons (Fsp3) is 0.333. The predicted octanol–water partition coefficient (Wildman–Crippen LogP) is 2.65. The number of hydrogen-bond acceptors (Lipinski definition) is 1. The van der Waals surface area contributed by atoms with Crippen LogP contribution in [0.25, 0.3) is 16.5 Å². The van der Waals surface area contributed by atoms with Crippen molar-refractivity contribution in [2.45, 2.75) is 19.5 Å². The summed E-state index contributed by atoms with van der Waals surface area (Å²) in [7, 11) is 0. The maximum atomic E-state index is 3.66. The van der Waals surface area contributed by atoms with E-state index in [0.717, 1.165) is 13.1 Å². The van der Waals surface area contributed by atoms with Gasteiger partial charge in [-0.15, -0.1) is 0 Å². The van der Waals surface area contributed by atoms with Crippen molar-refractivity contribution >= 4 is 16.5 Å². The van der Waals surface area contributed by atoms with E-state index in [1.165, 1.54) is 22.0 Å². The summed E-state index contributed by atoms with van der Waals surface area (Å²) in [5.41, 5.74) is 4.33. The molecule has 0 fully saturated rings. The lowest BCUT2D eigenvalue weighted by molar-refractivity contribution is 0.472. The maximum Gasteiger partial charge on any atom is 0.0557 e.